The number of methoxy groups -OCH3 is 1. The topological polar surface area (TPSA) is 32.8 Å². The normalized spacial score (nSPS) is 16.6. The number of amides is 1. The zero-order valence-electron chi connectivity index (χ0n) is 12.9. The van der Waals surface area contributed by atoms with E-state index in [1.165, 1.54) is 0 Å². The highest BCUT2D eigenvalue weighted by Gasteiger charge is 2.22. The van der Waals surface area contributed by atoms with Gasteiger partial charge in [-0.05, 0) is 37.6 Å². The van der Waals surface area contributed by atoms with E-state index in [1.54, 1.807) is 12.0 Å². The van der Waals surface area contributed by atoms with Gasteiger partial charge in [0.05, 0.1) is 5.56 Å². The number of nitrogens with zero attached hydrogens (tertiary/aromatic N) is 2. The zero-order chi connectivity index (χ0) is 15.9. The molecule has 1 amide bonds. The predicted octanol–water partition coefficient (Wildman–Crippen LogP) is 2.15. The Labute approximate surface area is 129 Å². The van der Waals surface area contributed by atoms with Gasteiger partial charge in [-0.25, -0.2) is 8.78 Å². The fourth-order valence-corrected chi connectivity index (χ4v) is 2.66. The summed E-state index contributed by atoms with van der Waals surface area (Å²) in [4.78, 5) is 16.3. The van der Waals surface area contributed by atoms with Crippen molar-refractivity contribution in [3.8, 4) is 0 Å². The summed E-state index contributed by atoms with van der Waals surface area (Å²) in [6.07, 6.45) is 1.78. The zero-order valence-corrected chi connectivity index (χ0v) is 12.9. The first-order valence-corrected chi connectivity index (χ1v) is 7.57. The molecule has 0 aliphatic carbocycles. The Bertz CT molecular complexity index is 511. The number of ether oxygens (including phenoxy) is 1. The number of halogens is 2. The van der Waals surface area contributed by atoms with Gasteiger partial charge in [0.2, 0.25) is 0 Å². The lowest BCUT2D eigenvalue weighted by Crippen LogP contribution is -2.36. The van der Waals surface area contributed by atoms with Gasteiger partial charge in [-0.1, -0.05) is 0 Å². The van der Waals surface area contributed by atoms with Crippen LogP contribution in [0.2, 0.25) is 0 Å². The van der Waals surface area contributed by atoms with Crippen LogP contribution < -0.4 is 0 Å². The summed E-state index contributed by atoms with van der Waals surface area (Å²) in [6.45, 7) is 4.38. The van der Waals surface area contributed by atoms with Crippen LogP contribution in [-0.4, -0.2) is 62.1 Å². The first-order chi connectivity index (χ1) is 10.6. The van der Waals surface area contributed by atoms with Crippen molar-refractivity contribution in [3.05, 3.63) is 35.4 Å². The maximum absolute atomic E-state index is 13.7. The summed E-state index contributed by atoms with van der Waals surface area (Å²) >= 11 is 0. The lowest BCUT2D eigenvalue weighted by atomic mass is 10.1. The molecular formula is C16H22F2N2O2. The Hall–Kier alpha value is -1.53. The second kappa shape index (κ2) is 8.19. The second-order valence-electron chi connectivity index (χ2n) is 5.46. The van der Waals surface area contributed by atoms with E-state index in [0.29, 0.717) is 19.7 Å². The van der Waals surface area contributed by atoms with E-state index in [0.717, 1.165) is 50.7 Å². The van der Waals surface area contributed by atoms with Crippen molar-refractivity contribution in [2.75, 3.05) is 46.4 Å². The second-order valence-corrected chi connectivity index (χ2v) is 5.46. The molecule has 4 nitrogen and oxygen atoms in total. The Morgan fingerprint density at radius 1 is 1.23 bits per heavy atom. The highest BCUT2D eigenvalue weighted by molar-refractivity contribution is 5.94. The summed E-state index contributed by atoms with van der Waals surface area (Å²) in [5, 5.41) is 0. The van der Waals surface area contributed by atoms with Gasteiger partial charge in [0.15, 0.2) is 0 Å². The highest BCUT2D eigenvalue weighted by Crippen LogP contribution is 2.14. The quantitative estimate of drug-likeness (QED) is 0.781. The number of carbonyl (C=O) groups is 1. The third-order valence-electron chi connectivity index (χ3n) is 3.86. The van der Waals surface area contributed by atoms with Crippen molar-refractivity contribution < 1.29 is 18.3 Å². The average molecular weight is 312 g/mol. The fourth-order valence-electron chi connectivity index (χ4n) is 2.66. The van der Waals surface area contributed by atoms with Gasteiger partial charge < -0.3 is 14.5 Å². The van der Waals surface area contributed by atoms with Crippen LogP contribution in [0, 0.1) is 11.6 Å². The average Bonchev–Trinajstić information content (AvgIpc) is 2.75. The minimum absolute atomic E-state index is 0.187. The van der Waals surface area contributed by atoms with Gasteiger partial charge in [0.1, 0.15) is 11.6 Å². The Morgan fingerprint density at radius 2 is 2.05 bits per heavy atom. The van der Waals surface area contributed by atoms with Crippen molar-refractivity contribution >= 4 is 5.91 Å². The van der Waals surface area contributed by atoms with Crippen LogP contribution in [0.5, 0.6) is 0 Å². The van der Waals surface area contributed by atoms with Crippen LogP contribution in [-0.2, 0) is 4.74 Å². The van der Waals surface area contributed by atoms with Crippen molar-refractivity contribution in [2.45, 2.75) is 12.8 Å². The van der Waals surface area contributed by atoms with E-state index in [-0.39, 0.29) is 5.56 Å². The molecule has 0 unspecified atom stereocenters. The number of hydrogen-bond donors (Lipinski definition) is 0. The lowest BCUT2D eigenvalue weighted by molar-refractivity contribution is 0.0755. The van der Waals surface area contributed by atoms with Crippen molar-refractivity contribution in [3.63, 3.8) is 0 Å². The number of benzene rings is 1. The van der Waals surface area contributed by atoms with E-state index >= 15 is 0 Å². The van der Waals surface area contributed by atoms with E-state index in [4.69, 9.17) is 4.74 Å². The Balaban J connectivity index is 1.95. The SMILES string of the molecule is COCCCN1CCCN(C(=O)c2cc(F)ccc2F)CC1. The summed E-state index contributed by atoms with van der Waals surface area (Å²) < 4.78 is 32.0. The lowest BCUT2D eigenvalue weighted by Gasteiger charge is -2.22. The minimum atomic E-state index is -0.674. The molecule has 1 saturated heterocycles. The molecule has 0 bridgehead atoms. The molecule has 122 valence electrons. The van der Waals surface area contributed by atoms with Crippen molar-refractivity contribution in [1.29, 1.82) is 0 Å². The molecule has 0 atom stereocenters. The standard InChI is InChI=1S/C16H22F2N2O2/c1-22-11-3-7-19-6-2-8-20(10-9-19)16(21)14-12-13(17)4-5-15(14)18/h4-5,12H,2-3,6-11H2,1H3. The maximum Gasteiger partial charge on any atom is 0.256 e. The van der Waals surface area contributed by atoms with E-state index in [2.05, 4.69) is 4.90 Å². The molecule has 6 heteroatoms. The first kappa shape index (κ1) is 16.8. The molecule has 0 aromatic heterocycles. The van der Waals surface area contributed by atoms with Crippen LogP contribution in [0.4, 0.5) is 8.78 Å². The van der Waals surface area contributed by atoms with Crippen LogP contribution in [0.1, 0.15) is 23.2 Å². The van der Waals surface area contributed by atoms with Crippen molar-refractivity contribution in [2.24, 2.45) is 0 Å². The molecule has 0 saturated carbocycles. The van der Waals surface area contributed by atoms with Crippen LogP contribution in [0.3, 0.4) is 0 Å². The van der Waals surface area contributed by atoms with Crippen LogP contribution >= 0.6 is 0 Å². The summed E-state index contributed by atoms with van der Waals surface area (Å²) in [5.41, 5.74) is -0.187. The van der Waals surface area contributed by atoms with Crippen LogP contribution in [0.25, 0.3) is 0 Å². The molecule has 1 heterocycles. The molecule has 2 rings (SSSR count). The minimum Gasteiger partial charge on any atom is -0.385 e. The molecule has 1 aliphatic heterocycles. The Morgan fingerprint density at radius 3 is 2.82 bits per heavy atom. The molecule has 1 aromatic rings. The van der Waals surface area contributed by atoms with E-state index in [1.807, 2.05) is 0 Å². The number of rotatable bonds is 5. The summed E-state index contributed by atoms with van der Waals surface area (Å²) in [6, 6.07) is 2.99. The van der Waals surface area contributed by atoms with Crippen LogP contribution in [0.15, 0.2) is 18.2 Å². The molecule has 22 heavy (non-hydrogen) atoms. The molecule has 1 aromatic carbocycles. The largest absolute Gasteiger partial charge is 0.385 e. The molecule has 0 radical (unpaired) electrons. The van der Waals surface area contributed by atoms with E-state index < -0.39 is 17.5 Å². The highest BCUT2D eigenvalue weighted by atomic mass is 19.1. The van der Waals surface area contributed by atoms with Gasteiger partial charge >= 0.3 is 0 Å². The summed E-state index contributed by atoms with van der Waals surface area (Å²) in [5.74, 6) is -1.70. The molecule has 1 aliphatic rings. The van der Waals surface area contributed by atoms with Gasteiger partial charge in [-0.3, -0.25) is 4.79 Å². The first-order valence-electron chi connectivity index (χ1n) is 7.57. The van der Waals surface area contributed by atoms with Gasteiger partial charge in [-0.15, -0.1) is 0 Å². The maximum atomic E-state index is 13.7. The van der Waals surface area contributed by atoms with Gasteiger partial charge in [0, 0.05) is 39.9 Å². The van der Waals surface area contributed by atoms with Gasteiger partial charge in [0.25, 0.3) is 5.91 Å². The van der Waals surface area contributed by atoms with Gasteiger partial charge in [-0.2, -0.15) is 0 Å². The third-order valence-corrected chi connectivity index (χ3v) is 3.86. The fraction of sp³-hybridized carbons (Fsp3) is 0.562. The van der Waals surface area contributed by atoms with E-state index in [9.17, 15) is 13.6 Å². The number of carbonyl (C=O) groups excluding carboxylic acids is 1. The molecular weight excluding hydrogens is 290 g/mol. The smallest absolute Gasteiger partial charge is 0.256 e. The summed E-state index contributed by atoms with van der Waals surface area (Å²) in [7, 11) is 1.68. The Kier molecular flexibility index (Phi) is 6.27. The molecule has 0 spiro atoms. The predicted molar refractivity (Wildman–Crippen MR) is 79.8 cm³/mol. The molecule has 0 N–H and O–H groups in total. The monoisotopic (exact) mass is 312 g/mol. The van der Waals surface area contributed by atoms with Crippen molar-refractivity contribution in [1.82, 2.24) is 9.80 Å². The molecule has 1 fully saturated rings. The number of hydrogen-bond acceptors (Lipinski definition) is 3. The third kappa shape index (κ3) is 4.48.